The molecule has 0 unspecified atom stereocenters. The smallest absolute Gasteiger partial charge is 0.410 e. The molecule has 17 heteroatoms. The van der Waals surface area contributed by atoms with Crippen molar-refractivity contribution >= 4 is 52.7 Å². The summed E-state index contributed by atoms with van der Waals surface area (Å²) in [6.45, 7) is 44.0. The molecule has 0 aliphatic carbocycles. The highest BCUT2D eigenvalue weighted by Crippen LogP contribution is 2.45. The highest BCUT2D eigenvalue weighted by atomic mass is 35.5. The molecule has 2 fully saturated rings. The first-order chi connectivity index (χ1) is 37.3. The molecular weight excluding hydrogens is 1070 g/mol. The lowest BCUT2D eigenvalue weighted by Gasteiger charge is -2.32. The fraction of sp³-hybridized carbons (Fsp3) is 0.635. The second-order valence-corrected chi connectivity index (χ2v) is 26.9. The molecule has 2 aliphatic rings. The van der Waals surface area contributed by atoms with Gasteiger partial charge in [0, 0.05) is 95.0 Å². The molecule has 0 saturated carbocycles. The maximum absolute atomic E-state index is 12.9. The summed E-state index contributed by atoms with van der Waals surface area (Å²) >= 11 is 8.11. The number of likely N-dealkylation sites (tertiary alicyclic amines) is 2. The Labute approximate surface area is 494 Å². The summed E-state index contributed by atoms with van der Waals surface area (Å²) in [4.78, 5) is 52.7. The average molecular weight is 1170 g/mol. The topological polar surface area (TPSA) is 151 Å². The van der Waals surface area contributed by atoms with Crippen LogP contribution in [0.1, 0.15) is 206 Å². The number of nitrogens with zero attached hydrogens (tertiary/aromatic N) is 7. The number of aromatic nitrogens is 5. The van der Waals surface area contributed by atoms with E-state index in [9.17, 15) is 9.59 Å². The van der Waals surface area contributed by atoms with Gasteiger partial charge in [0.25, 0.3) is 6.47 Å². The van der Waals surface area contributed by atoms with E-state index in [1.54, 1.807) is 41.6 Å². The standard InChI is InChI=1S/C30H43N5O2S.C28H42N2O3S.C2H4O2.C2H6.CH3Cl/c1-10-25-31-19(2)35(33-25)17-26(36)34-13-11-20(12-14-34)28-32-24(18-38-28)21-15-22(29(3,4)5)27(37-9)23(16-21)30(6,7)8;1-26(2,3)20-15-19(16-21(23(20)32-10)27(4,5)6)22-17-34-24(29-22)18-11-13-30(14-12-18)25(31)33-28(7,8)9;1-4-2-3;2*1-2/h15-16,18,20H,10-14,17H2,1-9H3;15-18H,11-14H2,1-10H3;2H,1H3;1-2H3;1H3. The van der Waals surface area contributed by atoms with Crippen LogP contribution in [0.25, 0.3) is 22.5 Å². The number of hydrogen-bond donors (Lipinski definition) is 0. The number of benzene rings is 2. The minimum Gasteiger partial charge on any atom is -0.496 e. The number of methoxy groups -OCH3 is 3. The molecule has 0 atom stereocenters. The van der Waals surface area contributed by atoms with Crippen molar-refractivity contribution in [2.75, 3.05) is 53.9 Å². The third-order valence-corrected chi connectivity index (χ3v) is 15.8. The van der Waals surface area contributed by atoms with Crippen molar-refractivity contribution < 1.29 is 33.3 Å². The molecule has 2 aromatic carbocycles. The number of ether oxygens (including phenoxy) is 4. The molecule has 2 amide bonds. The highest BCUT2D eigenvalue weighted by Gasteiger charge is 2.33. The fourth-order valence-electron chi connectivity index (χ4n) is 9.45. The van der Waals surface area contributed by atoms with E-state index in [0.717, 1.165) is 101 Å². The number of hydrogen-bond acceptors (Lipinski definition) is 13. The molecule has 0 N–H and O–H groups in total. The first-order valence-corrected chi connectivity index (χ1v) is 30.7. The zero-order valence-electron chi connectivity index (χ0n) is 52.9. The molecule has 14 nitrogen and oxygen atoms in total. The lowest BCUT2D eigenvalue weighted by Crippen LogP contribution is -2.41. The summed E-state index contributed by atoms with van der Waals surface area (Å²) < 4.78 is 23.0. The van der Waals surface area contributed by atoms with Gasteiger partial charge in [0.15, 0.2) is 5.82 Å². The summed E-state index contributed by atoms with van der Waals surface area (Å²) in [6, 6.07) is 9.00. The molecule has 0 spiro atoms. The maximum Gasteiger partial charge on any atom is 0.410 e. The van der Waals surface area contributed by atoms with Crippen LogP contribution in [0.2, 0.25) is 0 Å². The van der Waals surface area contributed by atoms with Gasteiger partial charge in [-0.25, -0.2) is 24.4 Å². The third-order valence-electron chi connectivity index (χ3n) is 13.7. The molecule has 446 valence electrons. The summed E-state index contributed by atoms with van der Waals surface area (Å²) in [6.07, 6.45) is 5.71. The van der Waals surface area contributed by atoms with Crippen LogP contribution in [0.3, 0.4) is 0 Å². The van der Waals surface area contributed by atoms with Gasteiger partial charge in [0.2, 0.25) is 5.91 Å². The number of aryl methyl sites for hydroxylation is 2. The van der Waals surface area contributed by atoms with Crippen molar-refractivity contribution in [3.8, 4) is 34.0 Å². The molecule has 0 bridgehead atoms. The Morgan fingerprint density at radius 1 is 0.625 bits per heavy atom. The van der Waals surface area contributed by atoms with E-state index in [0.29, 0.717) is 31.4 Å². The molecule has 2 saturated heterocycles. The van der Waals surface area contributed by atoms with E-state index in [1.165, 1.54) is 35.7 Å². The Bertz CT molecular complexity index is 2680. The highest BCUT2D eigenvalue weighted by molar-refractivity contribution is 7.10. The first kappa shape index (κ1) is 69.2. The van der Waals surface area contributed by atoms with Crippen LogP contribution in [0, 0.1) is 6.92 Å². The molecular formula is C63H98ClN7O7S2. The lowest BCUT2D eigenvalue weighted by atomic mass is 9.78. The van der Waals surface area contributed by atoms with Crippen LogP contribution in [-0.2, 0) is 53.7 Å². The predicted molar refractivity (Wildman–Crippen MR) is 332 cm³/mol. The summed E-state index contributed by atoms with van der Waals surface area (Å²) in [5.41, 5.74) is 8.49. The van der Waals surface area contributed by atoms with E-state index < -0.39 is 5.60 Å². The van der Waals surface area contributed by atoms with Gasteiger partial charge in [-0.3, -0.25) is 9.59 Å². The van der Waals surface area contributed by atoms with E-state index >= 15 is 0 Å². The minimum absolute atomic E-state index is 0.0469. The Balaban J connectivity index is 0.000000374. The second kappa shape index (κ2) is 29.8. The first-order valence-electron chi connectivity index (χ1n) is 28.2. The van der Waals surface area contributed by atoms with Crippen LogP contribution in [0.15, 0.2) is 35.0 Å². The fourth-order valence-corrected chi connectivity index (χ4v) is 11.5. The third kappa shape index (κ3) is 19.0. The van der Waals surface area contributed by atoms with Gasteiger partial charge in [-0.2, -0.15) is 5.10 Å². The van der Waals surface area contributed by atoms with E-state index in [2.05, 4.69) is 145 Å². The number of carbonyl (C=O) groups excluding carboxylic acids is 3. The van der Waals surface area contributed by atoms with E-state index in [4.69, 9.17) is 29.0 Å². The summed E-state index contributed by atoms with van der Waals surface area (Å²) in [7, 11) is 4.85. The van der Waals surface area contributed by atoms with Gasteiger partial charge >= 0.3 is 6.09 Å². The van der Waals surface area contributed by atoms with Crippen LogP contribution in [0.5, 0.6) is 11.5 Å². The van der Waals surface area contributed by atoms with Crippen LogP contribution >= 0.6 is 34.3 Å². The number of amides is 2. The maximum atomic E-state index is 12.9. The van der Waals surface area contributed by atoms with Gasteiger partial charge in [-0.15, -0.1) is 34.3 Å². The normalized spacial score (nSPS) is 14.4. The van der Waals surface area contributed by atoms with Crippen molar-refractivity contribution in [2.45, 2.75) is 209 Å². The number of thiazole rings is 2. The van der Waals surface area contributed by atoms with Crippen LogP contribution in [-0.4, -0.2) is 112 Å². The number of rotatable bonds is 10. The molecule has 5 heterocycles. The monoisotopic (exact) mass is 1160 g/mol. The molecule has 2 aliphatic heterocycles. The van der Waals surface area contributed by atoms with E-state index in [-0.39, 0.29) is 40.2 Å². The molecule has 3 aromatic heterocycles. The summed E-state index contributed by atoms with van der Waals surface area (Å²) in [5, 5.41) is 11.1. The Morgan fingerprint density at radius 2 is 0.975 bits per heavy atom. The number of carbonyl (C=O) groups is 3. The van der Waals surface area contributed by atoms with Crippen molar-refractivity contribution in [1.29, 1.82) is 0 Å². The SMILES string of the molecule is CC.CCc1nc(C)n(CC(=O)N2CCC(c3nc(-c4cc(C(C)(C)C)c(OC)c(C(C)(C)C)c4)cs3)CC2)n1.CCl.COC=O.COc1c(C(C)(C)C)cc(-c2csc(C3CCN(C(=O)OC(C)(C)C)CC3)n2)cc1C(C)(C)C. The molecule has 5 aromatic rings. The van der Waals surface area contributed by atoms with Gasteiger partial charge in [0.05, 0.1) is 42.7 Å². The minimum atomic E-state index is -0.464. The van der Waals surface area contributed by atoms with Gasteiger partial charge < -0.3 is 28.7 Å². The van der Waals surface area contributed by atoms with Gasteiger partial charge in [-0.1, -0.05) is 104 Å². The van der Waals surface area contributed by atoms with Crippen molar-refractivity contribution in [3.05, 3.63) is 78.9 Å². The molecule has 0 radical (unpaired) electrons. The van der Waals surface area contributed by atoms with Crippen molar-refractivity contribution in [3.63, 3.8) is 0 Å². The van der Waals surface area contributed by atoms with Gasteiger partial charge in [-0.05, 0) is 99.3 Å². The summed E-state index contributed by atoms with van der Waals surface area (Å²) in [5.74, 6) is 4.40. The quantitative estimate of drug-likeness (QED) is 0.0971. The largest absolute Gasteiger partial charge is 0.496 e. The van der Waals surface area contributed by atoms with Crippen molar-refractivity contribution in [1.82, 2.24) is 34.5 Å². The molecule has 80 heavy (non-hydrogen) atoms. The molecule has 7 rings (SSSR count). The Hall–Kier alpha value is -5.06. The van der Waals surface area contributed by atoms with Crippen LogP contribution < -0.4 is 9.47 Å². The second-order valence-electron chi connectivity index (χ2n) is 25.2. The number of halogens is 1. The predicted octanol–water partition coefficient (Wildman–Crippen LogP) is 15.5. The Morgan fingerprint density at radius 3 is 1.26 bits per heavy atom. The zero-order chi connectivity index (χ0) is 60.7. The lowest BCUT2D eigenvalue weighted by molar-refractivity contribution is -0.133. The number of alkyl halides is 1. The van der Waals surface area contributed by atoms with Crippen molar-refractivity contribution in [2.24, 2.45) is 0 Å². The average Bonchev–Trinajstić information content (AvgIpc) is 4.22. The van der Waals surface area contributed by atoms with Crippen LogP contribution in [0.4, 0.5) is 4.79 Å². The number of piperidine rings is 2. The van der Waals surface area contributed by atoms with Gasteiger partial charge in [0.1, 0.15) is 29.5 Å². The zero-order valence-corrected chi connectivity index (χ0v) is 55.3. The Kier molecular flexibility index (Phi) is 25.8. The van der Waals surface area contributed by atoms with E-state index in [1.807, 2.05) is 58.3 Å².